The number of guanidine groups is 1. The summed E-state index contributed by atoms with van der Waals surface area (Å²) in [5, 5.41) is 6.32. The Kier molecular flexibility index (Phi) is 3.87. The van der Waals surface area contributed by atoms with Crippen LogP contribution in [-0.2, 0) is 4.74 Å². The predicted molar refractivity (Wildman–Crippen MR) is 49.4 cm³/mol. The Morgan fingerprint density at radius 3 is 3.17 bits per heavy atom. The third kappa shape index (κ3) is 3.09. The third-order valence-electron chi connectivity index (χ3n) is 1.68. The van der Waals surface area contributed by atoms with E-state index in [1.54, 1.807) is 0 Å². The summed E-state index contributed by atoms with van der Waals surface area (Å²) >= 11 is 0. The maximum absolute atomic E-state index is 5.36. The lowest BCUT2D eigenvalue weighted by Crippen LogP contribution is -2.38. The van der Waals surface area contributed by atoms with Gasteiger partial charge in [-0.05, 0) is 13.8 Å². The Hall–Kier alpha value is -0.770. The van der Waals surface area contributed by atoms with E-state index in [2.05, 4.69) is 15.6 Å². The van der Waals surface area contributed by atoms with E-state index in [0.29, 0.717) is 0 Å². The third-order valence-corrected chi connectivity index (χ3v) is 1.68. The van der Waals surface area contributed by atoms with Gasteiger partial charge in [-0.25, -0.2) is 0 Å². The smallest absolute Gasteiger partial charge is 0.191 e. The zero-order valence-electron chi connectivity index (χ0n) is 7.76. The average molecular weight is 171 g/mol. The summed E-state index contributed by atoms with van der Waals surface area (Å²) in [6, 6.07) is 0. The minimum Gasteiger partial charge on any atom is -0.377 e. The van der Waals surface area contributed by atoms with Crippen molar-refractivity contribution in [3.8, 4) is 0 Å². The van der Waals surface area contributed by atoms with Crippen LogP contribution in [0.5, 0.6) is 0 Å². The summed E-state index contributed by atoms with van der Waals surface area (Å²) in [6.45, 7) is 7.47. The number of aliphatic imine (C=N–C) groups is 1. The normalized spacial score (nSPS) is 18.3. The highest BCUT2D eigenvalue weighted by Gasteiger charge is 2.05. The second kappa shape index (κ2) is 4.98. The topological polar surface area (TPSA) is 45.6 Å². The molecule has 0 fully saturated rings. The molecular formula is C8H17N3O. The lowest BCUT2D eigenvalue weighted by Gasteiger charge is -2.13. The molecule has 0 radical (unpaired) electrons. The number of ether oxygens (including phenoxy) is 1. The highest BCUT2D eigenvalue weighted by atomic mass is 16.5. The first-order valence-corrected chi connectivity index (χ1v) is 4.46. The minimum atomic E-state index is 0.250. The Bertz CT molecular complexity index is 158. The highest BCUT2D eigenvalue weighted by molar-refractivity contribution is 5.81. The molecule has 4 heteroatoms. The van der Waals surface area contributed by atoms with Crippen LogP contribution in [0.1, 0.15) is 13.8 Å². The van der Waals surface area contributed by atoms with Crippen LogP contribution in [0, 0.1) is 0 Å². The van der Waals surface area contributed by atoms with Crippen LogP contribution in [0.25, 0.3) is 0 Å². The van der Waals surface area contributed by atoms with Gasteiger partial charge in [-0.2, -0.15) is 0 Å². The van der Waals surface area contributed by atoms with E-state index in [0.717, 1.165) is 32.2 Å². The van der Waals surface area contributed by atoms with Crippen LogP contribution in [-0.4, -0.2) is 38.3 Å². The zero-order chi connectivity index (χ0) is 8.81. The van der Waals surface area contributed by atoms with Gasteiger partial charge in [-0.15, -0.1) is 0 Å². The van der Waals surface area contributed by atoms with Crippen molar-refractivity contribution in [2.45, 2.75) is 20.0 Å². The highest BCUT2D eigenvalue weighted by Crippen LogP contribution is 1.88. The minimum absolute atomic E-state index is 0.250. The monoisotopic (exact) mass is 171 g/mol. The zero-order valence-corrected chi connectivity index (χ0v) is 7.76. The van der Waals surface area contributed by atoms with Crippen LogP contribution in [0.15, 0.2) is 4.99 Å². The first kappa shape index (κ1) is 9.32. The molecule has 1 aliphatic rings. The fourth-order valence-corrected chi connectivity index (χ4v) is 1.10. The van der Waals surface area contributed by atoms with Crippen molar-refractivity contribution in [2.75, 3.05) is 26.2 Å². The number of nitrogens with one attached hydrogen (secondary N) is 2. The molecule has 0 saturated carbocycles. The van der Waals surface area contributed by atoms with E-state index in [9.17, 15) is 0 Å². The fraction of sp³-hybridized carbons (Fsp3) is 0.875. The summed E-state index contributed by atoms with van der Waals surface area (Å²) in [5.74, 6) is 0.904. The van der Waals surface area contributed by atoms with Crippen molar-refractivity contribution in [1.29, 1.82) is 0 Å². The van der Waals surface area contributed by atoms with Gasteiger partial charge < -0.3 is 15.4 Å². The Morgan fingerprint density at radius 2 is 2.58 bits per heavy atom. The van der Waals surface area contributed by atoms with E-state index < -0.39 is 0 Å². The van der Waals surface area contributed by atoms with Crippen LogP contribution in [0.4, 0.5) is 0 Å². The van der Waals surface area contributed by atoms with Crippen LogP contribution >= 0.6 is 0 Å². The van der Waals surface area contributed by atoms with Gasteiger partial charge in [0.05, 0.1) is 12.6 Å². The Labute approximate surface area is 73.4 Å². The number of hydrogen-bond donors (Lipinski definition) is 2. The number of hydrogen-bond acceptors (Lipinski definition) is 4. The van der Waals surface area contributed by atoms with Crippen molar-refractivity contribution in [3.63, 3.8) is 0 Å². The quantitative estimate of drug-likeness (QED) is 0.624. The molecule has 1 heterocycles. The molecule has 0 bridgehead atoms. The van der Waals surface area contributed by atoms with Gasteiger partial charge in [0.1, 0.15) is 0 Å². The summed E-state index contributed by atoms with van der Waals surface area (Å²) in [4.78, 5) is 4.21. The molecule has 2 N–H and O–H groups in total. The van der Waals surface area contributed by atoms with Crippen LogP contribution in [0.3, 0.4) is 0 Å². The fourth-order valence-electron chi connectivity index (χ4n) is 1.10. The van der Waals surface area contributed by atoms with E-state index in [1.165, 1.54) is 0 Å². The molecule has 70 valence electrons. The van der Waals surface area contributed by atoms with Crippen LogP contribution in [0.2, 0.25) is 0 Å². The van der Waals surface area contributed by atoms with Gasteiger partial charge in [-0.3, -0.25) is 4.99 Å². The average Bonchev–Trinajstić information content (AvgIpc) is 2.53. The maximum atomic E-state index is 5.36. The maximum Gasteiger partial charge on any atom is 0.191 e. The molecule has 0 aromatic carbocycles. The molecule has 0 aliphatic carbocycles. The molecule has 0 aromatic rings. The lowest BCUT2D eigenvalue weighted by molar-refractivity contribution is 0.0793. The summed E-state index contributed by atoms with van der Waals surface area (Å²) < 4.78 is 5.36. The van der Waals surface area contributed by atoms with Crippen molar-refractivity contribution in [2.24, 2.45) is 4.99 Å². The molecule has 1 aliphatic heterocycles. The van der Waals surface area contributed by atoms with E-state index in [1.807, 2.05) is 13.8 Å². The molecule has 12 heavy (non-hydrogen) atoms. The summed E-state index contributed by atoms with van der Waals surface area (Å²) in [5.41, 5.74) is 0. The van der Waals surface area contributed by atoms with Gasteiger partial charge in [0, 0.05) is 19.7 Å². The van der Waals surface area contributed by atoms with E-state index >= 15 is 0 Å². The molecule has 0 spiro atoms. The van der Waals surface area contributed by atoms with Crippen molar-refractivity contribution in [1.82, 2.24) is 10.6 Å². The van der Waals surface area contributed by atoms with Crippen molar-refractivity contribution < 1.29 is 4.74 Å². The summed E-state index contributed by atoms with van der Waals surface area (Å²) in [7, 11) is 0. The van der Waals surface area contributed by atoms with Gasteiger partial charge in [0.25, 0.3) is 0 Å². The molecule has 0 aromatic heterocycles. The second-order valence-electron chi connectivity index (χ2n) is 2.80. The van der Waals surface area contributed by atoms with Gasteiger partial charge >= 0.3 is 0 Å². The Morgan fingerprint density at radius 1 is 1.75 bits per heavy atom. The molecule has 1 atom stereocenters. The SMILES string of the molecule is CCOC(C)CNC1=NCCN1. The van der Waals surface area contributed by atoms with Crippen molar-refractivity contribution >= 4 is 5.96 Å². The largest absolute Gasteiger partial charge is 0.377 e. The van der Waals surface area contributed by atoms with Crippen molar-refractivity contribution in [3.05, 3.63) is 0 Å². The summed E-state index contributed by atoms with van der Waals surface area (Å²) in [6.07, 6.45) is 0.250. The first-order chi connectivity index (χ1) is 5.83. The first-order valence-electron chi connectivity index (χ1n) is 4.46. The molecule has 1 unspecified atom stereocenters. The van der Waals surface area contributed by atoms with Crippen LogP contribution < -0.4 is 10.6 Å². The van der Waals surface area contributed by atoms with Gasteiger partial charge in [-0.1, -0.05) is 0 Å². The standard InChI is InChI=1S/C8H17N3O/c1-3-12-7(2)6-11-8-9-4-5-10-8/h7H,3-6H2,1-2H3,(H2,9,10,11). The predicted octanol–water partition coefficient (Wildman–Crippen LogP) is -0.0398. The van der Waals surface area contributed by atoms with E-state index in [-0.39, 0.29) is 6.10 Å². The molecule has 1 rings (SSSR count). The Balaban J connectivity index is 2.07. The molecular weight excluding hydrogens is 154 g/mol. The van der Waals surface area contributed by atoms with E-state index in [4.69, 9.17) is 4.74 Å². The van der Waals surface area contributed by atoms with Gasteiger partial charge in [0.15, 0.2) is 5.96 Å². The van der Waals surface area contributed by atoms with Gasteiger partial charge in [0.2, 0.25) is 0 Å². The number of rotatable bonds is 4. The molecule has 4 nitrogen and oxygen atoms in total. The second-order valence-corrected chi connectivity index (χ2v) is 2.80. The lowest BCUT2D eigenvalue weighted by atomic mass is 10.4. The number of nitrogens with zero attached hydrogens (tertiary/aromatic N) is 1. The molecule has 0 amide bonds. The molecule has 0 saturated heterocycles.